The van der Waals surface area contributed by atoms with E-state index in [0.29, 0.717) is 5.56 Å². The number of hydrogen-bond acceptors (Lipinski definition) is 2. The second kappa shape index (κ2) is 8.11. The molecule has 0 saturated heterocycles. The van der Waals surface area contributed by atoms with Gasteiger partial charge >= 0.3 is 0 Å². The average Bonchev–Trinajstić information content (AvgIpc) is 2.38. The molecule has 3 nitrogen and oxygen atoms in total. The number of benzene rings is 1. The van der Waals surface area contributed by atoms with Gasteiger partial charge in [0.2, 0.25) is 5.91 Å². The second-order valence-corrected chi connectivity index (χ2v) is 4.47. The molecule has 3 N–H and O–H groups in total. The van der Waals surface area contributed by atoms with Gasteiger partial charge in [-0.2, -0.15) is 0 Å². The molecule has 1 aromatic rings. The van der Waals surface area contributed by atoms with Crippen molar-refractivity contribution in [1.29, 1.82) is 0 Å². The fraction of sp³-hybridized carbons (Fsp3) is 0.462. The third-order valence-electron chi connectivity index (χ3n) is 2.75. The molecule has 0 aliphatic carbocycles. The molecule has 1 rings (SSSR count). The smallest absolute Gasteiger partial charge is 0.277 e. The van der Waals surface area contributed by atoms with Crippen LogP contribution in [0.5, 0.6) is 0 Å². The summed E-state index contributed by atoms with van der Waals surface area (Å²) in [4.78, 5) is 11.6. The largest absolute Gasteiger partial charge is 0.350 e. The second-order valence-electron chi connectivity index (χ2n) is 4.47. The van der Waals surface area contributed by atoms with E-state index >= 15 is 0 Å². The average molecular weight is 311 g/mol. The molecule has 114 valence electrons. The van der Waals surface area contributed by atoms with Crippen molar-refractivity contribution in [1.82, 2.24) is 5.32 Å². The van der Waals surface area contributed by atoms with Crippen molar-refractivity contribution < 1.29 is 18.0 Å². The Balaban J connectivity index is 0.00000361. The third kappa shape index (κ3) is 5.79. The highest BCUT2D eigenvalue weighted by atomic mass is 35.5. The van der Waals surface area contributed by atoms with Crippen LogP contribution in [-0.2, 0) is 11.2 Å². The molecule has 0 spiro atoms. The standard InChI is InChI=1S/C13H17F3N2O.ClH/c1-9(6-10-4-2-3-5-11(10)14)12(19)18-8-13(15,16)7-17;/h2-5,9H,6-8,17H2,1H3,(H,18,19);1H. The van der Waals surface area contributed by atoms with Crippen molar-refractivity contribution in [2.75, 3.05) is 13.1 Å². The molecule has 1 amide bonds. The Kier molecular flexibility index (Phi) is 7.60. The van der Waals surface area contributed by atoms with Crippen LogP contribution in [0.4, 0.5) is 13.2 Å². The lowest BCUT2D eigenvalue weighted by atomic mass is 10.00. The van der Waals surface area contributed by atoms with Crippen molar-refractivity contribution in [3.8, 4) is 0 Å². The molecule has 20 heavy (non-hydrogen) atoms. The van der Waals surface area contributed by atoms with Gasteiger partial charge in [-0.15, -0.1) is 12.4 Å². The molecule has 1 unspecified atom stereocenters. The van der Waals surface area contributed by atoms with E-state index in [0.717, 1.165) is 0 Å². The molecule has 0 bridgehead atoms. The van der Waals surface area contributed by atoms with Crippen LogP contribution >= 0.6 is 12.4 Å². The minimum absolute atomic E-state index is 0. The number of rotatable bonds is 6. The maximum absolute atomic E-state index is 13.4. The summed E-state index contributed by atoms with van der Waals surface area (Å²) < 4.78 is 39.1. The number of halogens is 4. The van der Waals surface area contributed by atoms with E-state index in [1.54, 1.807) is 25.1 Å². The van der Waals surface area contributed by atoms with Crippen LogP contribution < -0.4 is 11.1 Å². The van der Waals surface area contributed by atoms with Gasteiger partial charge in [0.25, 0.3) is 5.92 Å². The highest BCUT2D eigenvalue weighted by Crippen LogP contribution is 2.14. The monoisotopic (exact) mass is 310 g/mol. The van der Waals surface area contributed by atoms with E-state index in [2.05, 4.69) is 5.32 Å². The predicted octanol–water partition coefficient (Wildman–Crippen LogP) is 2.14. The Labute approximate surface area is 122 Å². The van der Waals surface area contributed by atoms with E-state index in [1.165, 1.54) is 6.07 Å². The lowest BCUT2D eigenvalue weighted by molar-refractivity contribution is -0.126. The zero-order valence-corrected chi connectivity index (χ0v) is 11.9. The van der Waals surface area contributed by atoms with Crippen molar-refractivity contribution in [3.63, 3.8) is 0 Å². The van der Waals surface area contributed by atoms with Gasteiger partial charge in [0.05, 0.1) is 13.1 Å². The van der Waals surface area contributed by atoms with E-state index in [1.807, 2.05) is 0 Å². The number of nitrogens with two attached hydrogens (primary N) is 1. The van der Waals surface area contributed by atoms with Crippen LogP contribution in [0.25, 0.3) is 0 Å². The van der Waals surface area contributed by atoms with Crippen LogP contribution in [0, 0.1) is 11.7 Å². The van der Waals surface area contributed by atoms with Gasteiger partial charge in [-0.05, 0) is 18.1 Å². The lowest BCUT2D eigenvalue weighted by Gasteiger charge is -2.17. The first-order valence-corrected chi connectivity index (χ1v) is 5.95. The Morgan fingerprint density at radius 1 is 1.40 bits per heavy atom. The summed E-state index contributed by atoms with van der Waals surface area (Å²) in [5.74, 6) is -4.66. The Morgan fingerprint density at radius 2 is 2.00 bits per heavy atom. The van der Waals surface area contributed by atoms with Crippen molar-refractivity contribution in [3.05, 3.63) is 35.6 Å². The molecule has 1 aromatic carbocycles. The van der Waals surface area contributed by atoms with Crippen molar-refractivity contribution >= 4 is 18.3 Å². The van der Waals surface area contributed by atoms with E-state index in [9.17, 15) is 18.0 Å². The molecule has 1 atom stereocenters. The molecule has 0 fully saturated rings. The maximum Gasteiger partial charge on any atom is 0.277 e. The van der Waals surface area contributed by atoms with Gasteiger partial charge in [0.15, 0.2) is 0 Å². The summed E-state index contributed by atoms with van der Waals surface area (Å²) in [6.07, 6.45) is 0.159. The van der Waals surface area contributed by atoms with Gasteiger partial charge in [-0.3, -0.25) is 4.79 Å². The summed E-state index contributed by atoms with van der Waals surface area (Å²) in [7, 11) is 0. The third-order valence-corrected chi connectivity index (χ3v) is 2.75. The lowest BCUT2D eigenvalue weighted by Crippen LogP contribution is -2.43. The molecule has 0 aliphatic heterocycles. The van der Waals surface area contributed by atoms with E-state index < -0.39 is 36.7 Å². The first-order chi connectivity index (χ1) is 8.85. The fourth-order valence-electron chi connectivity index (χ4n) is 1.55. The highest BCUT2D eigenvalue weighted by molar-refractivity contribution is 5.85. The number of hydrogen-bond donors (Lipinski definition) is 2. The van der Waals surface area contributed by atoms with Crippen molar-refractivity contribution in [2.24, 2.45) is 11.7 Å². The van der Waals surface area contributed by atoms with Gasteiger partial charge in [-0.25, -0.2) is 13.2 Å². The SMILES string of the molecule is CC(Cc1ccccc1F)C(=O)NCC(F)(F)CN.Cl. The first-order valence-electron chi connectivity index (χ1n) is 5.95. The zero-order chi connectivity index (χ0) is 14.5. The Bertz CT molecular complexity index is 443. The minimum atomic E-state index is -3.12. The summed E-state index contributed by atoms with van der Waals surface area (Å²) in [6.45, 7) is -0.0682. The van der Waals surface area contributed by atoms with Crippen LogP contribution in [-0.4, -0.2) is 24.9 Å². The molecular weight excluding hydrogens is 293 g/mol. The van der Waals surface area contributed by atoms with Crippen LogP contribution in [0.1, 0.15) is 12.5 Å². The van der Waals surface area contributed by atoms with Crippen LogP contribution in [0.3, 0.4) is 0 Å². The van der Waals surface area contributed by atoms with Gasteiger partial charge < -0.3 is 11.1 Å². The molecule has 0 aromatic heterocycles. The highest BCUT2D eigenvalue weighted by Gasteiger charge is 2.28. The summed E-state index contributed by atoms with van der Waals surface area (Å²) in [5, 5.41) is 2.12. The predicted molar refractivity (Wildman–Crippen MR) is 73.5 cm³/mol. The summed E-state index contributed by atoms with van der Waals surface area (Å²) in [6, 6.07) is 6.06. The zero-order valence-electron chi connectivity index (χ0n) is 11.0. The number of alkyl halides is 2. The maximum atomic E-state index is 13.4. The molecule has 7 heteroatoms. The van der Waals surface area contributed by atoms with E-state index in [-0.39, 0.29) is 18.8 Å². The number of carbonyl (C=O) groups is 1. The van der Waals surface area contributed by atoms with Crippen LogP contribution in [0.2, 0.25) is 0 Å². The normalized spacial score (nSPS) is 12.4. The molecule has 0 radical (unpaired) electrons. The van der Waals surface area contributed by atoms with Crippen LogP contribution in [0.15, 0.2) is 24.3 Å². The van der Waals surface area contributed by atoms with Gasteiger partial charge in [-0.1, -0.05) is 25.1 Å². The molecule has 0 heterocycles. The molecule has 0 aliphatic rings. The molecule has 0 saturated carbocycles. The summed E-state index contributed by atoms with van der Waals surface area (Å²) >= 11 is 0. The first kappa shape index (κ1) is 18.7. The molecular formula is C13H18ClF3N2O. The Morgan fingerprint density at radius 3 is 2.55 bits per heavy atom. The minimum Gasteiger partial charge on any atom is -0.350 e. The number of nitrogens with one attached hydrogen (secondary N) is 1. The quantitative estimate of drug-likeness (QED) is 0.846. The summed E-state index contributed by atoms with van der Waals surface area (Å²) in [5.41, 5.74) is 5.25. The van der Waals surface area contributed by atoms with Gasteiger partial charge in [0, 0.05) is 5.92 Å². The van der Waals surface area contributed by atoms with Crippen molar-refractivity contribution in [2.45, 2.75) is 19.3 Å². The fourth-order valence-corrected chi connectivity index (χ4v) is 1.55. The Hall–Kier alpha value is -1.27. The topological polar surface area (TPSA) is 55.1 Å². The number of amides is 1. The number of carbonyl (C=O) groups excluding carboxylic acids is 1. The van der Waals surface area contributed by atoms with Gasteiger partial charge in [0.1, 0.15) is 5.82 Å². The van der Waals surface area contributed by atoms with E-state index in [4.69, 9.17) is 5.73 Å².